The summed E-state index contributed by atoms with van der Waals surface area (Å²) in [6.07, 6.45) is -1.93. The van der Waals surface area contributed by atoms with Crippen LogP contribution in [0.15, 0.2) is 30.3 Å². The van der Waals surface area contributed by atoms with Crippen molar-refractivity contribution in [2.75, 3.05) is 6.61 Å². The lowest BCUT2D eigenvalue weighted by molar-refractivity contribution is -0.152. The first-order valence-electron chi connectivity index (χ1n) is 6.37. The predicted octanol–water partition coefficient (Wildman–Crippen LogP) is 2.42. The van der Waals surface area contributed by atoms with Crippen LogP contribution >= 0.6 is 0 Å². The number of alkyl halides is 3. The molecule has 0 saturated heterocycles. The summed E-state index contributed by atoms with van der Waals surface area (Å²) in [5.74, 6) is -1.15. The van der Waals surface area contributed by atoms with Gasteiger partial charge in [0.25, 0.3) is 0 Å². The standard InChI is InChI=1S/C13H15F3O5S/c1-2-20-12(17)11(21-22(18,19)13(14,15)16)9-8-10-6-4-3-5-7-10/h3-7,11H,2,8-9H2,1H3/t11-/m0/s1. The molecule has 0 aromatic heterocycles. The van der Waals surface area contributed by atoms with E-state index in [1.165, 1.54) is 6.92 Å². The molecule has 0 unspecified atom stereocenters. The van der Waals surface area contributed by atoms with Crippen molar-refractivity contribution in [3.8, 4) is 0 Å². The van der Waals surface area contributed by atoms with Crippen LogP contribution in [0.3, 0.4) is 0 Å². The Morgan fingerprint density at radius 2 is 1.82 bits per heavy atom. The second-order valence-electron chi connectivity index (χ2n) is 4.26. The summed E-state index contributed by atoms with van der Waals surface area (Å²) in [5.41, 5.74) is -4.87. The quantitative estimate of drug-likeness (QED) is 0.433. The predicted molar refractivity (Wildman–Crippen MR) is 71.2 cm³/mol. The third-order valence-corrected chi connectivity index (χ3v) is 3.67. The zero-order valence-electron chi connectivity index (χ0n) is 11.7. The molecule has 1 aromatic carbocycles. The Hall–Kier alpha value is -1.61. The van der Waals surface area contributed by atoms with Gasteiger partial charge in [0, 0.05) is 0 Å². The van der Waals surface area contributed by atoms with E-state index >= 15 is 0 Å². The van der Waals surface area contributed by atoms with Gasteiger partial charge in [-0.05, 0) is 25.3 Å². The number of hydrogen-bond donors (Lipinski definition) is 0. The topological polar surface area (TPSA) is 69.7 Å². The first-order valence-corrected chi connectivity index (χ1v) is 7.78. The molecule has 0 saturated carbocycles. The van der Waals surface area contributed by atoms with E-state index in [9.17, 15) is 26.4 Å². The Labute approximate surface area is 126 Å². The number of esters is 1. The lowest BCUT2D eigenvalue weighted by atomic mass is 10.1. The molecule has 1 atom stereocenters. The van der Waals surface area contributed by atoms with Gasteiger partial charge in [-0.25, -0.2) is 8.98 Å². The zero-order chi connectivity index (χ0) is 16.8. The number of ether oxygens (including phenoxy) is 1. The van der Waals surface area contributed by atoms with Crippen LogP contribution in [0.2, 0.25) is 0 Å². The highest BCUT2D eigenvalue weighted by molar-refractivity contribution is 7.87. The molecule has 0 heterocycles. The summed E-state index contributed by atoms with van der Waals surface area (Å²) in [6.45, 7) is 1.35. The monoisotopic (exact) mass is 340 g/mol. The average Bonchev–Trinajstić information content (AvgIpc) is 2.43. The Morgan fingerprint density at radius 1 is 1.23 bits per heavy atom. The van der Waals surface area contributed by atoms with E-state index in [1.54, 1.807) is 30.3 Å². The van der Waals surface area contributed by atoms with E-state index in [0.717, 1.165) is 5.56 Å². The molecule has 0 bridgehead atoms. The van der Waals surface area contributed by atoms with Gasteiger partial charge in [0.05, 0.1) is 6.61 Å². The number of benzene rings is 1. The maximum absolute atomic E-state index is 12.3. The highest BCUT2D eigenvalue weighted by Gasteiger charge is 2.49. The third-order valence-electron chi connectivity index (χ3n) is 2.61. The molecule has 0 spiro atoms. The molecule has 0 fully saturated rings. The summed E-state index contributed by atoms with van der Waals surface area (Å²) in [7, 11) is -5.87. The lowest BCUT2D eigenvalue weighted by Gasteiger charge is -2.17. The van der Waals surface area contributed by atoms with Crippen LogP contribution in [0, 0.1) is 0 Å². The Balaban J connectivity index is 2.83. The summed E-state index contributed by atoms with van der Waals surface area (Å²) >= 11 is 0. The van der Waals surface area contributed by atoms with Crippen molar-refractivity contribution in [1.82, 2.24) is 0 Å². The van der Waals surface area contributed by atoms with Gasteiger partial charge in [0.1, 0.15) is 0 Å². The van der Waals surface area contributed by atoms with Crippen LogP contribution < -0.4 is 0 Å². The van der Waals surface area contributed by atoms with Gasteiger partial charge in [0.15, 0.2) is 6.10 Å². The van der Waals surface area contributed by atoms with Gasteiger partial charge in [0.2, 0.25) is 0 Å². The van der Waals surface area contributed by atoms with Gasteiger partial charge in [-0.15, -0.1) is 0 Å². The fourth-order valence-corrected chi connectivity index (χ4v) is 2.18. The van der Waals surface area contributed by atoms with E-state index in [-0.39, 0.29) is 19.4 Å². The minimum Gasteiger partial charge on any atom is -0.464 e. The van der Waals surface area contributed by atoms with Crippen LogP contribution in [-0.4, -0.2) is 32.6 Å². The van der Waals surface area contributed by atoms with Crippen LogP contribution in [0.25, 0.3) is 0 Å². The fraction of sp³-hybridized carbons (Fsp3) is 0.462. The zero-order valence-corrected chi connectivity index (χ0v) is 12.5. The Kier molecular flexibility index (Phi) is 6.36. The summed E-state index contributed by atoms with van der Waals surface area (Å²) < 4.78 is 67.6. The van der Waals surface area contributed by atoms with Gasteiger partial charge in [-0.2, -0.15) is 21.6 Å². The lowest BCUT2D eigenvalue weighted by Crippen LogP contribution is -2.35. The molecule has 22 heavy (non-hydrogen) atoms. The molecule has 1 rings (SSSR count). The van der Waals surface area contributed by atoms with E-state index in [0.29, 0.717) is 0 Å². The first-order chi connectivity index (χ1) is 10.2. The molecule has 0 amide bonds. The fourth-order valence-electron chi connectivity index (χ4n) is 1.59. The van der Waals surface area contributed by atoms with Crippen LogP contribution in [0.4, 0.5) is 13.2 Å². The summed E-state index contributed by atoms with van der Waals surface area (Å²) in [6, 6.07) is 8.56. The molecule has 1 aromatic rings. The van der Waals surface area contributed by atoms with Gasteiger partial charge < -0.3 is 4.74 Å². The number of rotatable bonds is 7. The molecular weight excluding hydrogens is 325 g/mol. The van der Waals surface area contributed by atoms with Gasteiger partial charge >= 0.3 is 21.6 Å². The molecular formula is C13H15F3O5S. The van der Waals surface area contributed by atoms with Crippen molar-refractivity contribution in [2.45, 2.75) is 31.4 Å². The van der Waals surface area contributed by atoms with Crippen molar-refractivity contribution in [3.05, 3.63) is 35.9 Å². The molecule has 9 heteroatoms. The smallest absolute Gasteiger partial charge is 0.464 e. The minimum absolute atomic E-state index is 0.101. The van der Waals surface area contributed by atoms with E-state index < -0.39 is 27.7 Å². The second-order valence-corrected chi connectivity index (χ2v) is 5.82. The number of aryl methyl sites for hydroxylation is 1. The molecule has 0 aliphatic carbocycles. The van der Waals surface area contributed by atoms with Crippen LogP contribution in [0.1, 0.15) is 18.9 Å². The number of hydrogen-bond acceptors (Lipinski definition) is 5. The van der Waals surface area contributed by atoms with E-state index in [4.69, 9.17) is 0 Å². The Morgan fingerprint density at radius 3 is 2.32 bits per heavy atom. The normalized spacial score (nSPS) is 13.6. The summed E-state index contributed by atoms with van der Waals surface area (Å²) in [4.78, 5) is 11.6. The highest BCUT2D eigenvalue weighted by atomic mass is 32.2. The number of halogens is 3. The molecule has 0 radical (unpaired) electrons. The maximum Gasteiger partial charge on any atom is 0.523 e. The number of carbonyl (C=O) groups is 1. The Bertz CT molecular complexity index is 583. The van der Waals surface area contributed by atoms with Crippen LogP contribution in [-0.2, 0) is 30.3 Å². The second kappa shape index (κ2) is 7.59. The van der Waals surface area contributed by atoms with Crippen molar-refractivity contribution in [3.63, 3.8) is 0 Å². The largest absolute Gasteiger partial charge is 0.523 e. The molecule has 124 valence electrons. The van der Waals surface area contributed by atoms with Gasteiger partial charge in [-0.1, -0.05) is 30.3 Å². The molecule has 0 aliphatic heterocycles. The van der Waals surface area contributed by atoms with E-state index in [1.807, 2.05) is 0 Å². The molecule has 0 N–H and O–H groups in total. The highest BCUT2D eigenvalue weighted by Crippen LogP contribution is 2.27. The summed E-state index contributed by atoms with van der Waals surface area (Å²) in [5, 5.41) is 0. The molecule has 5 nitrogen and oxygen atoms in total. The van der Waals surface area contributed by atoms with E-state index in [2.05, 4.69) is 8.92 Å². The maximum atomic E-state index is 12.3. The third kappa shape index (κ3) is 5.30. The average molecular weight is 340 g/mol. The minimum atomic E-state index is -5.87. The van der Waals surface area contributed by atoms with Crippen molar-refractivity contribution >= 4 is 16.1 Å². The van der Waals surface area contributed by atoms with Crippen molar-refractivity contribution < 1.29 is 35.3 Å². The van der Waals surface area contributed by atoms with Crippen molar-refractivity contribution in [2.24, 2.45) is 0 Å². The SMILES string of the molecule is CCOC(=O)[C@H](CCc1ccccc1)OS(=O)(=O)C(F)(F)F. The van der Waals surface area contributed by atoms with Crippen molar-refractivity contribution in [1.29, 1.82) is 0 Å². The van der Waals surface area contributed by atoms with Crippen LogP contribution in [0.5, 0.6) is 0 Å². The molecule has 0 aliphatic rings. The van der Waals surface area contributed by atoms with Gasteiger partial charge in [-0.3, -0.25) is 0 Å². The first kappa shape index (κ1) is 18.4. The number of carbonyl (C=O) groups excluding carboxylic acids is 1.